The molecule has 0 radical (unpaired) electrons. The van der Waals surface area contributed by atoms with Gasteiger partial charge in [0.2, 0.25) is 0 Å². The number of hydrogen-bond donors (Lipinski definition) is 0. The summed E-state index contributed by atoms with van der Waals surface area (Å²) in [6, 6.07) is 2.04. The van der Waals surface area contributed by atoms with Crippen LogP contribution in [0, 0.1) is 16.7 Å². The number of nitrogens with zero attached hydrogens (tertiary/aromatic N) is 2. The van der Waals surface area contributed by atoms with Crippen LogP contribution in [0.5, 0.6) is 0 Å². The Morgan fingerprint density at radius 3 is 2.68 bits per heavy atom. The van der Waals surface area contributed by atoms with Crippen LogP contribution >= 0.6 is 0 Å². The van der Waals surface area contributed by atoms with Crippen molar-refractivity contribution in [3.05, 3.63) is 35.3 Å². The lowest BCUT2D eigenvalue weighted by Crippen LogP contribution is -2.47. The largest absolute Gasteiger partial charge is 0.472 e. The number of furan rings is 1. The zero-order chi connectivity index (χ0) is 20.5. The van der Waals surface area contributed by atoms with Crippen LogP contribution < -0.4 is 0 Å². The van der Waals surface area contributed by atoms with Gasteiger partial charge in [-0.05, 0) is 73.0 Å². The number of carbonyl (C=O) groups excluding carboxylic acids is 1. The van der Waals surface area contributed by atoms with Gasteiger partial charge < -0.3 is 9.32 Å². The highest BCUT2D eigenvalue weighted by Crippen LogP contribution is 2.59. The quantitative estimate of drug-likeness (QED) is 0.484. The lowest BCUT2D eigenvalue weighted by atomic mass is 9.49. The van der Waals surface area contributed by atoms with Crippen LogP contribution in [0.2, 0.25) is 0 Å². The van der Waals surface area contributed by atoms with E-state index in [0.717, 1.165) is 25.0 Å². The molecule has 2 atom stereocenters. The van der Waals surface area contributed by atoms with Crippen LogP contribution in [-0.4, -0.2) is 30.8 Å². The van der Waals surface area contributed by atoms with Gasteiger partial charge in [0, 0.05) is 14.1 Å². The van der Waals surface area contributed by atoms with E-state index in [0.29, 0.717) is 5.92 Å². The molecule has 5 nitrogen and oxygen atoms in total. The summed E-state index contributed by atoms with van der Waals surface area (Å²) in [5.74, 6) is 0.494. The summed E-state index contributed by atoms with van der Waals surface area (Å²) >= 11 is 0. The molecule has 2 aliphatic carbocycles. The summed E-state index contributed by atoms with van der Waals surface area (Å²) in [6.07, 6.45) is 9.63. The molecule has 0 unspecified atom stereocenters. The Balaban J connectivity index is 1.97. The van der Waals surface area contributed by atoms with Crippen molar-refractivity contribution in [2.45, 2.75) is 66.2 Å². The molecule has 28 heavy (non-hydrogen) atoms. The Morgan fingerprint density at radius 2 is 2.04 bits per heavy atom. The molecule has 0 bridgehead atoms. The molecule has 1 aromatic rings. The third-order valence-corrected chi connectivity index (χ3v) is 7.04. The van der Waals surface area contributed by atoms with Gasteiger partial charge in [-0.25, -0.2) is 4.79 Å². The predicted molar refractivity (Wildman–Crippen MR) is 111 cm³/mol. The second kappa shape index (κ2) is 7.76. The second-order valence-electron chi connectivity index (χ2n) is 9.54. The molecule has 0 saturated heterocycles. The minimum absolute atomic E-state index is 0.167. The number of fused-ring (bicyclic) bond motifs is 1. The Kier molecular flexibility index (Phi) is 5.74. The van der Waals surface area contributed by atoms with Crippen LogP contribution in [0.3, 0.4) is 0 Å². The molecular formula is C23H34N2O3. The van der Waals surface area contributed by atoms with Crippen LogP contribution in [-0.2, 0) is 11.3 Å². The molecule has 3 rings (SSSR count). The number of rotatable bonds is 4. The highest BCUT2D eigenvalue weighted by molar-refractivity contribution is 6.01. The van der Waals surface area contributed by atoms with Gasteiger partial charge in [-0.3, -0.25) is 4.84 Å². The first kappa shape index (κ1) is 20.7. The monoisotopic (exact) mass is 386 g/mol. The van der Waals surface area contributed by atoms with Gasteiger partial charge in [0.1, 0.15) is 0 Å². The number of hydrogen-bond acceptors (Lipinski definition) is 4. The molecule has 0 aliphatic heterocycles. The summed E-state index contributed by atoms with van der Waals surface area (Å²) in [5, 5.41) is 4.32. The predicted octanol–water partition coefficient (Wildman–Crippen LogP) is 5.82. The standard InChI is InChI=1S/C23H34N2O3/c1-16-18(9-8-17-10-13-27-15-17)23(4)12-7-11-22(2,3)20(23)14-19(16)24-28-21(26)25(5)6/h10,13,15,20H,7-9,11-12,14H2,1-6H3/b24-19-/t20-,23+/m0/s1. The number of carbonyl (C=O) groups is 1. The van der Waals surface area contributed by atoms with Gasteiger partial charge in [-0.2, -0.15) is 0 Å². The lowest BCUT2D eigenvalue weighted by molar-refractivity contribution is 0.0254. The maximum atomic E-state index is 11.9. The van der Waals surface area contributed by atoms with Crippen LogP contribution in [0.4, 0.5) is 4.79 Å². The summed E-state index contributed by atoms with van der Waals surface area (Å²) in [7, 11) is 3.34. The van der Waals surface area contributed by atoms with E-state index in [1.807, 2.05) is 12.3 Å². The van der Waals surface area contributed by atoms with E-state index in [-0.39, 0.29) is 10.8 Å². The van der Waals surface area contributed by atoms with Crippen molar-refractivity contribution in [2.24, 2.45) is 21.9 Å². The molecule has 1 amide bonds. The topological polar surface area (TPSA) is 55.0 Å². The molecule has 154 valence electrons. The summed E-state index contributed by atoms with van der Waals surface area (Å²) in [5.41, 5.74) is 5.22. The first-order valence-electron chi connectivity index (χ1n) is 10.3. The number of oxime groups is 1. The van der Waals surface area contributed by atoms with Gasteiger partial charge in [0.15, 0.2) is 0 Å². The fourth-order valence-corrected chi connectivity index (χ4v) is 5.39. The molecule has 0 spiro atoms. The smallest absolute Gasteiger partial charge is 0.435 e. The zero-order valence-corrected chi connectivity index (χ0v) is 18.2. The van der Waals surface area contributed by atoms with Crippen molar-refractivity contribution in [2.75, 3.05) is 14.1 Å². The maximum Gasteiger partial charge on any atom is 0.435 e. The van der Waals surface area contributed by atoms with Crippen molar-refractivity contribution >= 4 is 11.8 Å². The zero-order valence-electron chi connectivity index (χ0n) is 18.2. The molecule has 0 aromatic carbocycles. The van der Waals surface area contributed by atoms with Gasteiger partial charge in [0.05, 0.1) is 18.2 Å². The maximum absolute atomic E-state index is 11.9. The summed E-state index contributed by atoms with van der Waals surface area (Å²) in [6.45, 7) is 9.35. The first-order valence-corrected chi connectivity index (χ1v) is 10.3. The lowest BCUT2D eigenvalue weighted by Gasteiger charge is -2.55. The molecule has 5 heteroatoms. The average molecular weight is 387 g/mol. The van der Waals surface area contributed by atoms with Crippen molar-refractivity contribution in [1.82, 2.24) is 4.90 Å². The number of aryl methyl sites for hydroxylation is 1. The van der Waals surface area contributed by atoms with E-state index < -0.39 is 6.09 Å². The van der Waals surface area contributed by atoms with E-state index >= 15 is 0 Å². The van der Waals surface area contributed by atoms with Gasteiger partial charge in [-0.15, -0.1) is 0 Å². The minimum Gasteiger partial charge on any atom is -0.472 e. The van der Waals surface area contributed by atoms with Crippen LogP contribution in [0.25, 0.3) is 0 Å². The molecule has 1 heterocycles. The van der Waals surface area contributed by atoms with Crippen molar-refractivity contribution < 1.29 is 14.0 Å². The van der Waals surface area contributed by atoms with Crippen molar-refractivity contribution in [3.8, 4) is 0 Å². The van der Waals surface area contributed by atoms with Gasteiger partial charge in [0.25, 0.3) is 0 Å². The molecule has 1 fully saturated rings. The minimum atomic E-state index is -0.434. The third kappa shape index (κ3) is 3.89. The van der Waals surface area contributed by atoms with E-state index in [9.17, 15) is 4.79 Å². The van der Waals surface area contributed by atoms with Gasteiger partial charge in [-0.1, -0.05) is 37.9 Å². The summed E-state index contributed by atoms with van der Waals surface area (Å²) in [4.78, 5) is 18.5. The molecule has 2 aliphatic rings. The fourth-order valence-electron chi connectivity index (χ4n) is 5.39. The fraction of sp³-hybridized carbons (Fsp3) is 0.652. The molecule has 1 saturated carbocycles. The average Bonchev–Trinajstić information content (AvgIpc) is 3.12. The highest BCUT2D eigenvalue weighted by Gasteiger charge is 2.51. The molecule has 1 aromatic heterocycles. The van der Waals surface area contributed by atoms with E-state index in [1.54, 1.807) is 20.4 Å². The van der Waals surface area contributed by atoms with Gasteiger partial charge >= 0.3 is 6.09 Å². The summed E-state index contributed by atoms with van der Waals surface area (Å²) < 4.78 is 5.25. The van der Waals surface area contributed by atoms with E-state index in [2.05, 4.69) is 32.9 Å². The third-order valence-electron chi connectivity index (χ3n) is 7.04. The Hall–Kier alpha value is -2.04. The second-order valence-corrected chi connectivity index (χ2v) is 9.54. The Labute approximate surface area is 168 Å². The number of amides is 1. The first-order chi connectivity index (χ1) is 13.1. The van der Waals surface area contributed by atoms with E-state index in [4.69, 9.17) is 9.25 Å². The Bertz CT molecular complexity index is 774. The van der Waals surface area contributed by atoms with Crippen LogP contribution in [0.1, 0.15) is 65.4 Å². The Morgan fingerprint density at radius 1 is 1.29 bits per heavy atom. The van der Waals surface area contributed by atoms with E-state index in [1.165, 1.54) is 40.9 Å². The molecular weight excluding hydrogens is 352 g/mol. The van der Waals surface area contributed by atoms with Crippen molar-refractivity contribution in [1.29, 1.82) is 0 Å². The molecule has 0 N–H and O–H groups in total. The van der Waals surface area contributed by atoms with Crippen molar-refractivity contribution in [3.63, 3.8) is 0 Å². The number of allylic oxidation sites excluding steroid dienone is 2. The SMILES string of the molecule is CC1=C(CCc2ccoc2)[C@@]2(C)CCCC(C)(C)[C@@H]2C/C1=N/OC(=O)N(C)C. The normalized spacial score (nSPS) is 28.2. The van der Waals surface area contributed by atoms with Crippen LogP contribution in [0.15, 0.2) is 39.3 Å². The highest BCUT2D eigenvalue weighted by atomic mass is 16.7.